The Morgan fingerprint density at radius 1 is 1.15 bits per heavy atom. The zero-order chi connectivity index (χ0) is 22.4. The van der Waals surface area contributed by atoms with Crippen molar-refractivity contribution in [1.29, 1.82) is 0 Å². The largest absolute Gasteiger partial charge is 0.385 e. The minimum atomic E-state index is -0.914. The van der Waals surface area contributed by atoms with Crippen molar-refractivity contribution >= 4 is 16.9 Å². The number of ether oxygens (including phenoxy) is 1. The van der Waals surface area contributed by atoms with Crippen LogP contribution in [0.1, 0.15) is 51.0 Å². The van der Waals surface area contributed by atoms with Gasteiger partial charge >= 0.3 is 0 Å². The van der Waals surface area contributed by atoms with Gasteiger partial charge in [-0.2, -0.15) is 14.9 Å². The summed E-state index contributed by atoms with van der Waals surface area (Å²) < 4.78 is 7.40. The van der Waals surface area contributed by atoms with E-state index in [1.807, 2.05) is 12.3 Å². The Labute approximate surface area is 193 Å². The van der Waals surface area contributed by atoms with Gasteiger partial charge in [-0.1, -0.05) is 11.8 Å². The van der Waals surface area contributed by atoms with Crippen LogP contribution in [0.4, 0.5) is 5.82 Å². The third-order valence-electron chi connectivity index (χ3n) is 7.28. The molecule has 8 heteroatoms. The van der Waals surface area contributed by atoms with Crippen LogP contribution in [0.15, 0.2) is 24.5 Å². The molecule has 1 saturated heterocycles. The van der Waals surface area contributed by atoms with E-state index in [0.29, 0.717) is 43.7 Å². The van der Waals surface area contributed by atoms with E-state index in [1.54, 1.807) is 10.9 Å². The van der Waals surface area contributed by atoms with E-state index in [2.05, 4.69) is 45.0 Å². The fraction of sp³-hybridized carbons (Fsp3) is 0.560. The van der Waals surface area contributed by atoms with Crippen molar-refractivity contribution in [2.24, 2.45) is 11.8 Å². The Morgan fingerprint density at radius 2 is 1.94 bits per heavy atom. The quantitative estimate of drug-likeness (QED) is 0.601. The third kappa shape index (κ3) is 3.90. The monoisotopic (exact) mass is 446 g/mol. The summed E-state index contributed by atoms with van der Waals surface area (Å²) in [5.41, 5.74) is 0.719. The SMILES string of the molecule is C[C@@H]1COCCN1c1cc(C2(O)CCC(C#CC3CC3)CC2)c2cnn(-c3cc[nH]n3)c2n1. The number of pyridine rings is 1. The van der Waals surface area contributed by atoms with Crippen LogP contribution in [-0.4, -0.2) is 55.9 Å². The van der Waals surface area contributed by atoms with Crippen molar-refractivity contribution in [2.45, 2.75) is 57.1 Å². The molecule has 0 unspecified atom stereocenters. The van der Waals surface area contributed by atoms with E-state index in [4.69, 9.17) is 9.72 Å². The molecule has 3 aromatic rings. The van der Waals surface area contributed by atoms with E-state index < -0.39 is 5.60 Å². The Bertz CT molecular complexity index is 1190. The van der Waals surface area contributed by atoms with Crippen LogP contribution in [0.5, 0.6) is 0 Å². The summed E-state index contributed by atoms with van der Waals surface area (Å²) in [5.74, 6) is 9.44. The Balaban J connectivity index is 1.40. The van der Waals surface area contributed by atoms with Gasteiger partial charge in [0.2, 0.25) is 0 Å². The van der Waals surface area contributed by atoms with Gasteiger partial charge < -0.3 is 14.7 Å². The van der Waals surface area contributed by atoms with Gasteiger partial charge in [-0.25, -0.2) is 4.98 Å². The van der Waals surface area contributed by atoms with Gasteiger partial charge in [0.05, 0.1) is 31.1 Å². The molecule has 3 aromatic heterocycles. The summed E-state index contributed by atoms with van der Waals surface area (Å²) in [4.78, 5) is 7.27. The van der Waals surface area contributed by atoms with Crippen LogP contribution in [0.2, 0.25) is 0 Å². The van der Waals surface area contributed by atoms with Crippen LogP contribution in [0.25, 0.3) is 16.9 Å². The fourth-order valence-corrected chi connectivity index (χ4v) is 5.10. The molecule has 1 atom stereocenters. The number of aromatic nitrogens is 5. The van der Waals surface area contributed by atoms with Gasteiger partial charge in [-0.15, -0.1) is 0 Å². The number of fused-ring (bicyclic) bond motifs is 1. The zero-order valence-corrected chi connectivity index (χ0v) is 19.0. The molecule has 0 bridgehead atoms. The normalized spacial score (nSPS) is 28.0. The van der Waals surface area contributed by atoms with Gasteiger partial charge in [-0.05, 0) is 57.1 Å². The van der Waals surface area contributed by atoms with Crippen LogP contribution < -0.4 is 4.90 Å². The molecule has 3 aliphatic rings. The van der Waals surface area contributed by atoms with Crippen molar-refractivity contribution in [1.82, 2.24) is 25.0 Å². The maximum atomic E-state index is 11.9. The van der Waals surface area contributed by atoms with E-state index in [-0.39, 0.29) is 6.04 Å². The highest BCUT2D eigenvalue weighted by Gasteiger charge is 2.38. The van der Waals surface area contributed by atoms with Crippen LogP contribution in [0.3, 0.4) is 0 Å². The lowest BCUT2D eigenvalue weighted by Crippen LogP contribution is -2.44. The number of morpholine rings is 1. The number of hydrogen-bond donors (Lipinski definition) is 2. The highest BCUT2D eigenvalue weighted by atomic mass is 16.5. The summed E-state index contributed by atoms with van der Waals surface area (Å²) in [5, 5.41) is 24.5. The molecule has 33 heavy (non-hydrogen) atoms. The molecule has 0 amide bonds. The number of H-pyrrole nitrogens is 1. The predicted molar refractivity (Wildman–Crippen MR) is 125 cm³/mol. The predicted octanol–water partition coefficient (Wildman–Crippen LogP) is 3.16. The molecule has 4 heterocycles. The minimum Gasteiger partial charge on any atom is -0.385 e. The molecule has 0 aromatic carbocycles. The zero-order valence-electron chi connectivity index (χ0n) is 19.0. The van der Waals surface area contributed by atoms with Crippen molar-refractivity contribution in [3.05, 3.63) is 30.1 Å². The summed E-state index contributed by atoms with van der Waals surface area (Å²) in [7, 11) is 0. The maximum Gasteiger partial charge on any atom is 0.177 e. The molecule has 2 saturated carbocycles. The van der Waals surface area contributed by atoms with Gasteiger partial charge in [0.25, 0.3) is 0 Å². The first kappa shape index (κ1) is 20.7. The number of nitrogens with one attached hydrogen (secondary N) is 1. The van der Waals surface area contributed by atoms with Crippen LogP contribution in [0, 0.1) is 23.7 Å². The average Bonchev–Trinajstić information content (AvgIpc) is 3.31. The van der Waals surface area contributed by atoms with E-state index in [0.717, 1.165) is 41.8 Å². The van der Waals surface area contributed by atoms with Crippen molar-refractivity contribution in [2.75, 3.05) is 24.7 Å². The van der Waals surface area contributed by atoms with Gasteiger partial charge in [0, 0.05) is 36.0 Å². The first-order valence-corrected chi connectivity index (χ1v) is 12.1. The number of aliphatic hydroxyl groups is 1. The number of aromatic amines is 1. The Morgan fingerprint density at radius 3 is 2.64 bits per heavy atom. The maximum absolute atomic E-state index is 11.9. The van der Waals surface area contributed by atoms with Gasteiger partial charge in [0.15, 0.2) is 11.5 Å². The Hall–Kier alpha value is -2.89. The smallest absolute Gasteiger partial charge is 0.177 e. The fourth-order valence-electron chi connectivity index (χ4n) is 5.10. The standard InChI is InChI=1S/C25H30N6O2/c1-17-16-33-13-12-30(17)23-14-21(20-15-27-31(24(20)28-23)22-8-11-26-29-22)25(32)9-6-19(7-10-25)5-4-18-2-3-18/h8,11,14-15,17-19,32H,2-3,6-7,9-10,12-13,16H2,1H3,(H,26,29)/t17-,19?,25?/m1/s1. The lowest BCUT2D eigenvalue weighted by molar-refractivity contribution is -0.00662. The second-order valence-electron chi connectivity index (χ2n) is 9.74. The summed E-state index contributed by atoms with van der Waals surface area (Å²) >= 11 is 0. The number of hydrogen-bond acceptors (Lipinski definition) is 6. The second kappa shape index (κ2) is 8.15. The lowest BCUT2D eigenvalue weighted by atomic mass is 9.75. The van der Waals surface area contributed by atoms with E-state index in [9.17, 15) is 5.11 Å². The lowest BCUT2D eigenvalue weighted by Gasteiger charge is -2.37. The summed E-state index contributed by atoms with van der Waals surface area (Å²) in [6.45, 7) is 4.25. The highest BCUT2D eigenvalue weighted by Crippen LogP contribution is 2.43. The van der Waals surface area contributed by atoms with E-state index in [1.165, 1.54) is 12.8 Å². The average molecular weight is 447 g/mol. The van der Waals surface area contributed by atoms with Crippen LogP contribution >= 0.6 is 0 Å². The first-order valence-electron chi connectivity index (χ1n) is 12.1. The topological polar surface area (TPSA) is 92.1 Å². The van der Waals surface area contributed by atoms with Gasteiger partial charge in [0.1, 0.15) is 5.82 Å². The second-order valence-corrected chi connectivity index (χ2v) is 9.74. The molecule has 0 radical (unpaired) electrons. The van der Waals surface area contributed by atoms with Crippen molar-refractivity contribution in [3.8, 4) is 17.7 Å². The van der Waals surface area contributed by atoms with Crippen molar-refractivity contribution < 1.29 is 9.84 Å². The molecule has 6 rings (SSSR count). The molecule has 8 nitrogen and oxygen atoms in total. The molecular weight excluding hydrogens is 416 g/mol. The molecule has 0 spiro atoms. The summed E-state index contributed by atoms with van der Waals surface area (Å²) in [6, 6.07) is 4.16. The molecule has 172 valence electrons. The number of nitrogens with zero attached hydrogens (tertiary/aromatic N) is 5. The minimum absolute atomic E-state index is 0.210. The molecule has 2 N–H and O–H groups in total. The third-order valence-corrected chi connectivity index (χ3v) is 7.28. The number of rotatable bonds is 3. The molecular formula is C25H30N6O2. The molecule has 3 fully saturated rings. The van der Waals surface area contributed by atoms with Crippen molar-refractivity contribution in [3.63, 3.8) is 0 Å². The molecule has 2 aliphatic carbocycles. The molecule has 1 aliphatic heterocycles. The Kier molecular flexibility index (Phi) is 5.11. The highest BCUT2D eigenvalue weighted by molar-refractivity contribution is 5.83. The first-order chi connectivity index (χ1) is 16.1. The summed E-state index contributed by atoms with van der Waals surface area (Å²) in [6.07, 6.45) is 9.31. The van der Waals surface area contributed by atoms with Crippen LogP contribution in [-0.2, 0) is 10.3 Å². The van der Waals surface area contributed by atoms with Gasteiger partial charge in [-0.3, -0.25) is 5.10 Å². The number of anilines is 1. The van der Waals surface area contributed by atoms with E-state index >= 15 is 0 Å².